The van der Waals surface area contributed by atoms with Gasteiger partial charge in [0.2, 0.25) is 5.95 Å². The molecule has 1 atom stereocenters. The predicted octanol–water partition coefficient (Wildman–Crippen LogP) is 8.56. The summed E-state index contributed by atoms with van der Waals surface area (Å²) < 4.78 is 6.42. The molecule has 0 spiro atoms. The maximum Gasteiger partial charge on any atom is 0.227 e. The zero-order chi connectivity index (χ0) is 24.4. The zero-order valence-corrected chi connectivity index (χ0v) is 21.5. The van der Waals surface area contributed by atoms with Crippen molar-refractivity contribution in [3.63, 3.8) is 0 Å². The van der Waals surface area contributed by atoms with Gasteiger partial charge in [-0.3, -0.25) is 0 Å². The van der Waals surface area contributed by atoms with Gasteiger partial charge >= 0.3 is 0 Å². The molecule has 0 radical (unpaired) electrons. The van der Waals surface area contributed by atoms with E-state index in [1.807, 2.05) is 6.20 Å². The Bertz CT molecular complexity index is 1330. The Morgan fingerprint density at radius 3 is 2.80 bits per heavy atom. The molecule has 0 saturated heterocycles. The Morgan fingerprint density at radius 2 is 2.03 bits per heavy atom. The van der Waals surface area contributed by atoms with E-state index in [4.69, 9.17) is 21.3 Å². The minimum Gasteiger partial charge on any atom is -0.490 e. The molecule has 1 unspecified atom stereocenters. The van der Waals surface area contributed by atoms with Crippen LogP contribution >= 0.6 is 11.6 Å². The van der Waals surface area contributed by atoms with Gasteiger partial charge in [0.05, 0.1) is 23.0 Å². The molecular weight excluding hydrogens is 456 g/mol. The van der Waals surface area contributed by atoms with Crippen LogP contribution in [0.5, 0.6) is 5.75 Å². The van der Waals surface area contributed by atoms with Crippen molar-refractivity contribution >= 4 is 34.1 Å². The minimum absolute atomic E-state index is 0.237. The summed E-state index contributed by atoms with van der Waals surface area (Å²) in [4.78, 5) is 12.6. The predicted molar refractivity (Wildman–Crippen MR) is 145 cm³/mol. The molecule has 35 heavy (non-hydrogen) atoms. The molecular formula is C29H33ClN4O. The molecule has 2 aromatic carbocycles. The fourth-order valence-corrected chi connectivity index (χ4v) is 4.76. The monoisotopic (exact) mass is 488 g/mol. The molecule has 2 N–H and O–H groups in total. The van der Waals surface area contributed by atoms with Gasteiger partial charge in [0.15, 0.2) is 0 Å². The largest absolute Gasteiger partial charge is 0.490 e. The number of aromatic nitrogens is 3. The van der Waals surface area contributed by atoms with Gasteiger partial charge < -0.3 is 15.0 Å². The molecule has 1 saturated carbocycles. The Morgan fingerprint density at radius 1 is 1.17 bits per heavy atom. The van der Waals surface area contributed by atoms with Crippen molar-refractivity contribution in [3.8, 4) is 17.0 Å². The first-order chi connectivity index (χ1) is 17.0. The van der Waals surface area contributed by atoms with Crippen molar-refractivity contribution in [1.82, 2.24) is 15.0 Å². The van der Waals surface area contributed by atoms with Crippen LogP contribution in [0, 0.1) is 6.92 Å². The number of hydrogen-bond donors (Lipinski definition) is 2. The number of halogens is 1. The highest BCUT2D eigenvalue weighted by Gasteiger charge is 2.25. The Kier molecular flexibility index (Phi) is 6.96. The fourth-order valence-electron chi connectivity index (χ4n) is 4.57. The molecule has 5 nitrogen and oxygen atoms in total. The number of anilines is 2. The van der Waals surface area contributed by atoms with E-state index in [0.717, 1.165) is 40.7 Å². The summed E-state index contributed by atoms with van der Waals surface area (Å²) >= 11 is 6.55. The van der Waals surface area contributed by atoms with Gasteiger partial charge in [0, 0.05) is 34.4 Å². The lowest BCUT2D eigenvalue weighted by Gasteiger charge is -2.19. The summed E-state index contributed by atoms with van der Waals surface area (Å²) in [7, 11) is 0. The minimum atomic E-state index is 0.237. The first-order valence-corrected chi connectivity index (χ1v) is 13.1. The van der Waals surface area contributed by atoms with Crippen LogP contribution in [0.25, 0.3) is 22.2 Å². The van der Waals surface area contributed by atoms with Crippen LogP contribution in [0.1, 0.15) is 69.4 Å². The molecule has 6 heteroatoms. The van der Waals surface area contributed by atoms with Gasteiger partial charge in [-0.25, -0.2) is 9.97 Å². The van der Waals surface area contributed by atoms with Crippen molar-refractivity contribution in [2.45, 2.75) is 71.3 Å². The quantitative estimate of drug-likeness (QED) is 0.234. The van der Waals surface area contributed by atoms with Crippen molar-refractivity contribution in [2.75, 3.05) is 5.32 Å². The van der Waals surface area contributed by atoms with Gasteiger partial charge in [0.25, 0.3) is 0 Å². The maximum atomic E-state index is 6.55. The molecule has 2 aromatic heterocycles. The second-order valence-corrected chi connectivity index (χ2v) is 10.0. The van der Waals surface area contributed by atoms with Crippen LogP contribution in [0.3, 0.4) is 0 Å². The lowest BCUT2D eigenvalue weighted by atomic mass is 10.1. The third kappa shape index (κ3) is 5.46. The van der Waals surface area contributed by atoms with E-state index < -0.39 is 0 Å². The topological polar surface area (TPSA) is 62.8 Å². The van der Waals surface area contributed by atoms with Crippen molar-refractivity contribution in [2.24, 2.45) is 0 Å². The average molecular weight is 489 g/mol. The highest BCUT2D eigenvalue weighted by molar-refractivity contribution is 6.33. The average Bonchev–Trinajstić information content (AvgIpc) is 3.63. The van der Waals surface area contributed by atoms with E-state index in [1.54, 1.807) is 6.20 Å². The fraction of sp³-hybridized carbons (Fsp3) is 0.379. The zero-order valence-electron chi connectivity index (χ0n) is 20.7. The van der Waals surface area contributed by atoms with Crippen LogP contribution in [-0.4, -0.2) is 21.1 Å². The molecule has 2 heterocycles. The van der Waals surface area contributed by atoms with Crippen molar-refractivity contribution in [1.29, 1.82) is 0 Å². The molecule has 1 aliphatic rings. The van der Waals surface area contributed by atoms with Crippen LogP contribution in [-0.2, 0) is 0 Å². The summed E-state index contributed by atoms with van der Waals surface area (Å²) in [5.41, 5.74) is 6.20. The summed E-state index contributed by atoms with van der Waals surface area (Å²) in [6.07, 6.45) is 10.8. The van der Waals surface area contributed by atoms with Crippen LogP contribution < -0.4 is 10.1 Å². The Hall–Kier alpha value is -3.05. The SMILES string of the molecule is CCCCC(CC)Oc1cc(Nc2ncc(Cl)c(-c3c[nH]c4cc(C)ccc34)n2)cc(C2CC2)c1. The van der Waals surface area contributed by atoms with Crippen molar-refractivity contribution < 1.29 is 4.74 Å². The van der Waals surface area contributed by atoms with Crippen LogP contribution in [0.2, 0.25) is 5.02 Å². The number of rotatable bonds is 10. The second kappa shape index (κ2) is 10.3. The summed E-state index contributed by atoms with van der Waals surface area (Å²) in [5.74, 6) is 2.05. The van der Waals surface area contributed by atoms with Gasteiger partial charge in [-0.2, -0.15) is 0 Å². The van der Waals surface area contributed by atoms with Crippen LogP contribution in [0.15, 0.2) is 48.8 Å². The maximum absolute atomic E-state index is 6.55. The van der Waals surface area contributed by atoms with Crippen molar-refractivity contribution in [3.05, 3.63) is 64.9 Å². The number of hydrogen-bond acceptors (Lipinski definition) is 4. The molecule has 182 valence electrons. The first kappa shape index (κ1) is 23.7. The third-order valence-electron chi connectivity index (χ3n) is 6.71. The normalized spacial score (nSPS) is 14.3. The molecule has 4 aromatic rings. The number of ether oxygens (including phenoxy) is 1. The van der Waals surface area contributed by atoms with E-state index in [9.17, 15) is 0 Å². The summed E-state index contributed by atoms with van der Waals surface area (Å²) in [6.45, 7) is 6.50. The molecule has 0 bridgehead atoms. The Balaban J connectivity index is 1.44. The van der Waals surface area contributed by atoms with Crippen LogP contribution in [0.4, 0.5) is 11.6 Å². The number of aromatic amines is 1. The number of fused-ring (bicyclic) bond motifs is 1. The number of nitrogens with zero attached hydrogens (tertiary/aromatic N) is 2. The number of benzene rings is 2. The van der Waals surface area contributed by atoms with Gasteiger partial charge in [-0.05, 0) is 67.9 Å². The molecule has 5 rings (SSSR count). The first-order valence-electron chi connectivity index (χ1n) is 12.7. The Labute approximate surface area is 212 Å². The standard InChI is InChI=1S/C29H33ClN4O/c1-4-6-7-22(5-2)35-23-14-20(19-9-10-19)13-21(15-23)33-29-32-17-26(30)28(34-29)25-16-31-27-12-18(3)8-11-24(25)27/h8,11-17,19,22,31H,4-7,9-10H2,1-3H3,(H,32,33,34). The highest BCUT2D eigenvalue weighted by atomic mass is 35.5. The highest BCUT2D eigenvalue weighted by Crippen LogP contribution is 2.43. The van der Waals surface area contributed by atoms with E-state index in [-0.39, 0.29) is 6.10 Å². The van der Waals surface area contributed by atoms with Gasteiger partial charge in [0.1, 0.15) is 5.75 Å². The second-order valence-electron chi connectivity index (χ2n) is 9.62. The van der Waals surface area contributed by atoms with Gasteiger partial charge in [-0.15, -0.1) is 0 Å². The number of aryl methyl sites for hydroxylation is 1. The van der Waals surface area contributed by atoms with Gasteiger partial charge in [-0.1, -0.05) is 50.4 Å². The van der Waals surface area contributed by atoms with E-state index in [0.29, 0.717) is 22.6 Å². The summed E-state index contributed by atoms with van der Waals surface area (Å²) in [6, 6.07) is 12.8. The molecule has 0 aliphatic heterocycles. The lowest BCUT2D eigenvalue weighted by molar-refractivity contribution is 0.183. The number of unbranched alkanes of at least 4 members (excludes halogenated alkanes) is 1. The molecule has 1 fully saturated rings. The van der Waals surface area contributed by atoms with E-state index in [1.165, 1.54) is 36.8 Å². The molecule has 0 amide bonds. The summed E-state index contributed by atoms with van der Waals surface area (Å²) in [5, 5.41) is 5.03. The smallest absolute Gasteiger partial charge is 0.227 e. The third-order valence-corrected chi connectivity index (χ3v) is 6.98. The molecule has 1 aliphatic carbocycles. The van der Waals surface area contributed by atoms with E-state index in [2.05, 4.69) is 72.5 Å². The number of H-pyrrole nitrogens is 1. The van der Waals surface area contributed by atoms with E-state index >= 15 is 0 Å². The number of nitrogens with one attached hydrogen (secondary N) is 2. The lowest BCUT2D eigenvalue weighted by Crippen LogP contribution is -2.15.